The number of benzene rings is 1. The molecule has 0 saturated heterocycles. The second kappa shape index (κ2) is 5.94. The number of nitrogens with zero attached hydrogens (tertiary/aromatic N) is 1. The van der Waals surface area contributed by atoms with Crippen molar-refractivity contribution in [3.05, 3.63) is 63.4 Å². The largest absolute Gasteiger partial charge is 0.416 e. The van der Waals surface area contributed by atoms with Crippen molar-refractivity contribution in [2.24, 2.45) is 0 Å². The molecule has 2 rings (SSSR count). The summed E-state index contributed by atoms with van der Waals surface area (Å²) >= 11 is 1.13. The van der Waals surface area contributed by atoms with Crippen molar-refractivity contribution in [1.29, 1.82) is 5.26 Å². The number of hydrogen-bond donors (Lipinski definition) is 0. The van der Waals surface area contributed by atoms with Crippen molar-refractivity contribution in [2.45, 2.75) is 6.18 Å². The molecule has 2 nitrogen and oxygen atoms in total. The Morgan fingerprint density at radius 1 is 1.19 bits per heavy atom. The zero-order chi connectivity index (χ0) is 15.5. The maximum absolute atomic E-state index is 12.9. The minimum absolute atomic E-state index is 0.202. The van der Waals surface area contributed by atoms with Crippen LogP contribution in [0.3, 0.4) is 0 Å². The lowest BCUT2D eigenvalue weighted by atomic mass is 10.0. The van der Waals surface area contributed by atoms with Crippen molar-refractivity contribution in [1.82, 2.24) is 0 Å². The van der Waals surface area contributed by atoms with Crippen LogP contribution >= 0.6 is 11.3 Å². The zero-order valence-electron chi connectivity index (χ0n) is 10.5. The van der Waals surface area contributed by atoms with Crippen LogP contribution in [0.25, 0.3) is 6.08 Å². The lowest BCUT2D eigenvalue weighted by Gasteiger charge is -2.10. The van der Waals surface area contributed by atoms with Gasteiger partial charge in [-0.05, 0) is 29.2 Å². The van der Waals surface area contributed by atoms with E-state index in [4.69, 9.17) is 5.26 Å². The van der Waals surface area contributed by atoms with Gasteiger partial charge in [-0.15, -0.1) is 11.3 Å². The van der Waals surface area contributed by atoms with E-state index in [1.165, 1.54) is 24.3 Å². The summed E-state index contributed by atoms with van der Waals surface area (Å²) in [6.45, 7) is 0. The van der Waals surface area contributed by atoms with Crippen LogP contribution in [0.4, 0.5) is 13.2 Å². The fraction of sp³-hybridized carbons (Fsp3) is 0.0667. The molecule has 21 heavy (non-hydrogen) atoms. The quantitative estimate of drug-likeness (QED) is 0.474. The molecule has 1 aromatic carbocycles. The Morgan fingerprint density at radius 3 is 2.48 bits per heavy atom. The maximum atomic E-state index is 12.9. The van der Waals surface area contributed by atoms with E-state index in [2.05, 4.69) is 0 Å². The first-order valence-electron chi connectivity index (χ1n) is 5.79. The highest BCUT2D eigenvalue weighted by atomic mass is 32.1. The summed E-state index contributed by atoms with van der Waals surface area (Å²) in [4.78, 5) is 12.4. The second-order valence-electron chi connectivity index (χ2n) is 4.06. The van der Waals surface area contributed by atoms with Crippen LogP contribution in [0.15, 0.2) is 47.4 Å². The van der Waals surface area contributed by atoms with Crippen molar-refractivity contribution in [3.63, 3.8) is 0 Å². The molecular formula is C15H8F3NOS. The molecule has 0 unspecified atom stereocenters. The van der Waals surface area contributed by atoms with Crippen LogP contribution in [0.2, 0.25) is 0 Å². The summed E-state index contributed by atoms with van der Waals surface area (Å²) in [7, 11) is 0. The van der Waals surface area contributed by atoms with Gasteiger partial charge < -0.3 is 0 Å². The molecule has 1 heterocycles. The van der Waals surface area contributed by atoms with E-state index >= 15 is 0 Å². The summed E-state index contributed by atoms with van der Waals surface area (Å²) in [5, 5.41) is 10.7. The molecule has 0 saturated carbocycles. The lowest BCUT2D eigenvalue weighted by Crippen LogP contribution is -2.08. The van der Waals surface area contributed by atoms with Crippen molar-refractivity contribution >= 4 is 23.2 Å². The fourth-order valence-corrected chi connectivity index (χ4v) is 2.40. The lowest BCUT2D eigenvalue weighted by molar-refractivity contribution is -0.137. The van der Waals surface area contributed by atoms with Gasteiger partial charge >= 0.3 is 6.18 Å². The van der Waals surface area contributed by atoms with E-state index in [0.717, 1.165) is 23.5 Å². The highest BCUT2D eigenvalue weighted by molar-refractivity contribution is 7.12. The molecule has 0 fully saturated rings. The van der Waals surface area contributed by atoms with Crippen molar-refractivity contribution in [3.8, 4) is 6.07 Å². The van der Waals surface area contributed by atoms with Crippen LogP contribution in [0.5, 0.6) is 0 Å². The Labute approximate surface area is 122 Å². The molecule has 0 aliphatic heterocycles. The molecule has 0 aliphatic carbocycles. The monoisotopic (exact) mass is 307 g/mol. The first-order chi connectivity index (χ1) is 9.93. The van der Waals surface area contributed by atoms with Gasteiger partial charge in [-0.25, -0.2) is 0 Å². The average molecular weight is 307 g/mol. The van der Waals surface area contributed by atoms with Gasteiger partial charge in [-0.3, -0.25) is 4.79 Å². The number of halogens is 3. The molecule has 0 N–H and O–H groups in total. The van der Waals surface area contributed by atoms with E-state index in [-0.39, 0.29) is 11.1 Å². The smallest absolute Gasteiger partial charge is 0.287 e. The third-order valence-corrected chi connectivity index (χ3v) is 3.54. The fourth-order valence-electron chi connectivity index (χ4n) is 1.73. The zero-order valence-corrected chi connectivity index (χ0v) is 11.3. The molecule has 6 heteroatoms. The van der Waals surface area contributed by atoms with Gasteiger partial charge in [-0.1, -0.05) is 24.3 Å². The number of nitriles is 1. The molecule has 0 amide bonds. The first-order valence-corrected chi connectivity index (χ1v) is 6.67. The van der Waals surface area contributed by atoms with E-state index in [1.54, 1.807) is 17.5 Å². The van der Waals surface area contributed by atoms with E-state index in [1.807, 2.05) is 0 Å². The summed E-state index contributed by atoms with van der Waals surface area (Å²) in [5.41, 5.74) is -1.41. The average Bonchev–Trinajstić information content (AvgIpc) is 2.97. The normalized spacial score (nSPS) is 12.0. The van der Waals surface area contributed by atoms with E-state index in [0.29, 0.717) is 4.88 Å². The number of thiophene rings is 1. The van der Waals surface area contributed by atoms with Crippen molar-refractivity contribution in [2.75, 3.05) is 0 Å². The van der Waals surface area contributed by atoms with Gasteiger partial charge in [-0.2, -0.15) is 18.4 Å². The molecule has 0 aliphatic rings. The predicted octanol–water partition coefficient (Wildman–Crippen LogP) is 4.56. The molecule has 0 atom stereocenters. The van der Waals surface area contributed by atoms with Gasteiger partial charge in [0.15, 0.2) is 0 Å². The number of hydrogen-bond acceptors (Lipinski definition) is 3. The number of carbonyl (C=O) groups is 1. The Kier molecular flexibility index (Phi) is 4.24. The standard InChI is InChI=1S/C15H8F3NOS/c16-15(17,18)12-5-2-1-4-10(12)8-11(9-19)14(20)13-6-3-7-21-13/h1-8H/b11-8+. The number of rotatable bonds is 3. The van der Waals surface area contributed by atoms with Gasteiger partial charge in [0.25, 0.3) is 0 Å². The van der Waals surface area contributed by atoms with Crippen LogP contribution in [0, 0.1) is 11.3 Å². The minimum atomic E-state index is -4.54. The van der Waals surface area contributed by atoms with Crippen LogP contribution in [-0.2, 0) is 6.18 Å². The van der Waals surface area contributed by atoms with E-state index in [9.17, 15) is 18.0 Å². The highest BCUT2D eigenvalue weighted by Gasteiger charge is 2.32. The summed E-state index contributed by atoms with van der Waals surface area (Å²) in [5.74, 6) is -0.579. The number of carbonyl (C=O) groups excluding carboxylic acids is 1. The minimum Gasteiger partial charge on any atom is -0.287 e. The molecule has 0 bridgehead atoms. The summed E-state index contributed by atoms with van der Waals surface area (Å²) in [6, 6.07) is 9.64. The Morgan fingerprint density at radius 2 is 1.90 bits per heavy atom. The third kappa shape index (κ3) is 3.38. The van der Waals surface area contributed by atoms with Crippen LogP contribution < -0.4 is 0 Å². The third-order valence-electron chi connectivity index (χ3n) is 2.68. The van der Waals surface area contributed by atoms with Gasteiger partial charge in [0, 0.05) is 0 Å². The SMILES string of the molecule is N#C/C(=C\c1ccccc1C(F)(F)F)C(=O)c1cccs1. The topological polar surface area (TPSA) is 40.9 Å². The summed E-state index contributed by atoms with van der Waals surface area (Å²) in [6.07, 6.45) is -3.56. The molecule has 2 aromatic rings. The molecule has 1 aromatic heterocycles. The van der Waals surface area contributed by atoms with Crippen molar-refractivity contribution < 1.29 is 18.0 Å². The number of ketones is 1. The highest BCUT2D eigenvalue weighted by Crippen LogP contribution is 2.33. The Hall–Kier alpha value is -2.39. The van der Waals surface area contributed by atoms with Crippen LogP contribution in [-0.4, -0.2) is 5.78 Å². The Bertz CT molecular complexity index is 724. The van der Waals surface area contributed by atoms with E-state index < -0.39 is 17.5 Å². The van der Waals surface area contributed by atoms with Gasteiger partial charge in [0.1, 0.15) is 11.6 Å². The molecular weight excluding hydrogens is 299 g/mol. The molecule has 0 radical (unpaired) electrons. The predicted molar refractivity (Wildman–Crippen MR) is 73.7 cm³/mol. The number of Topliss-reactive ketones (excluding diaryl/α,β-unsaturated/α-hetero) is 1. The van der Waals surface area contributed by atoms with Crippen LogP contribution in [0.1, 0.15) is 20.8 Å². The van der Waals surface area contributed by atoms with Gasteiger partial charge in [0.05, 0.1) is 10.4 Å². The second-order valence-corrected chi connectivity index (χ2v) is 5.01. The number of alkyl halides is 3. The van der Waals surface area contributed by atoms with Gasteiger partial charge in [0.2, 0.25) is 5.78 Å². The molecule has 0 spiro atoms. The number of allylic oxidation sites excluding steroid dienone is 1. The Balaban J connectivity index is 2.47. The maximum Gasteiger partial charge on any atom is 0.416 e. The molecule has 106 valence electrons. The summed E-state index contributed by atoms with van der Waals surface area (Å²) < 4.78 is 38.6. The first kappa shape index (κ1) is 15.0.